The van der Waals surface area contributed by atoms with Gasteiger partial charge in [-0.1, -0.05) is 49.8 Å². The fourth-order valence-corrected chi connectivity index (χ4v) is 3.61. The van der Waals surface area contributed by atoms with Gasteiger partial charge in [-0.25, -0.2) is 0 Å². The summed E-state index contributed by atoms with van der Waals surface area (Å²) in [7, 11) is 0. The first kappa shape index (κ1) is 20.0. The Hall–Kier alpha value is -2.33. The van der Waals surface area contributed by atoms with Crippen LogP contribution >= 0.6 is 11.8 Å². The summed E-state index contributed by atoms with van der Waals surface area (Å²) in [5.74, 6) is 0.900. The van der Waals surface area contributed by atoms with Crippen molar-refractivity contribution >= 4 is 29.4 Å². The summed E-state index contributed by atoms with van der Waals surface area (Å²) in [6.45, 7) is 8.35. The molecule has 0 radical (unpaired) electrons. The van der Waals surface area contributed by atoms with E-state index in [4.69, 9.17) is 11.1 Å². The van der Waals surface area contributed by atoms with E-state index in [9.17, 15) is 0 Å². The van der Waals surface area contributed by atoms with E-state index in [-0.39, 0.29) is 5.92 Å². The molecule has 0 amide bonds. The minimum absolute atomic E-state index is 0.285. The van der Waals surface area contributed by atoms with Crippen LogP contribution in [0.3, 0.4) is 0 Å². The highest BCUT2D eigenvalue weighted by Gasteiger charge is 2.17. The molecule has 2 aromatic carbocycles. The number of aliphatic imine (C=N–C) groups is 1. The average molecular weight is 366 g/mol. The smallest absolute Gasteiger partial charge is 0.0890 e. The van der Waals surface area contributed by atoms with E-state index >= 15 is 0 Å². The van der Waals surface area contributed by atoms with Crippen LogP contribution in [0, 0.1) is 11.3 Å². The Morgan fingerprint density at radius 1 is 1.12 bits per heavy atom. The zero-order valence-electron chi connectivity index (χ0n) is 15.9. The van der Waals surface area contributed by atoms with Crippen molar-refractivity contribution in [3.05, 3.63) is 70.8 Å². The van der Waals surface area contributed by atoms with Crippen LogP contribution in [0.1, 0.15) is 38.8 Å². The normalized spacial score (nSPS) is 11.1. The van der Waals surface area contributed by atoms with Gasteiger partial charge in [0.1, 0.15) is 0 Å². The number of nitrogens with one attached hydrogen (secondary N) is 1. The van der Waals surface area contributed by atoms with Crippen LogP contribution in [0.25, 0.3) is 0 Å². The third-order valence-corrected chi connectivity index (χ3v) is 4.95. The van der Waals surface area contributed by atoms with Crippen molar-refractivity contribution in [1.29, 1.82) is 5.41 Å². The van der Waals surface area contributed by atoms with Crippen LogP contribution in [0.4, 0.5) is 5.69 Å². The highest BCUT2D eigenvalue weighted by molar-refractivity contribution is 7.99. The lowest BCUT2D eigenvalue weighted by atomic mass is 9.88. The number of benzene rings is 2. The molecular weight excluding hydrogens is 338 g/mol. The summed E-state index contributed by atoms with van der Waals surface area (Å²) in [6.07, 6.45) is 1.80. The molecule has 136 valence electrons. The topological polar surface area (TPSA) is 62.2 Å². The van der Waals surface area contributed by atoms with E-state index in [1.165, 1.54) is 4.90 Å². The van der Waals surface area contributed by atoms with Crippen molar-refractivity contribution in [2.45, 2.75) is 32.6 Å². The zero-order valence-corrected chi connectivity index (χ0v) is 16.7. The average Bonchev–Trinajstić information content (AvgIpc) is 2.60. The number of nitrogens with zero attached hydrogens (tertiary/aromatic N) is 1. The fourth-order valence-electron chi connectivity index (χ4n) is 2.96. The molecule has 0 heterocycles. The van der Waals surface area contributed by atoms with Gasteiger partial charge in [-0.05, 0) is 43.5 Å². The molecule has 0 bridgehead atoms. The van der Waals surface area contributed by atoms with Crippen LogP contribution in [0.5, 0.6) is 0 Å². The van der Waals surface area contributed by atoms with E-state index in [0.717, 1.165) is 22.3 Å². The number of nitrogens with two attached hydrogens (primary N) is 1. The van der Waals surface area contributed by atoms with Crippen LogP contribution in [-0.4, -0.2) is 17.8 Å². The van der Waals surface area contributed by atoms with Crippen LogP contribution < -0.4 is 5.73 Å². The van der Waals surface area contributed by atoms with E-state index in [1.807, 2.05) is 36.4 Å². The van der Waals surface area contributed by atoms with Gasteiger partial charge in [-0.15, -0.1) is 11.8 Å². The molecule has 0 atom stereocenters. The minimum atomic E-state index is 0.285. The van der Waals surface area contributed by atoms with Gasteiger partial charge in [0.15, 0.2) is 0 Å². The quantitative estimate of drug-likeness (QED) is 0.370. The molecule has 0 aliphatic heterocycles. The Labute approximate surface area is 160 Å². The summed E-state index contributed by atoms with van der Waals surface area (Å²) in [5.41, 5.74) is 11.3. The molecule has 3 nitrogen and oxygen atoms in total. The molecule has 0 saturated carbocycles. The summed E-state index contributed by atoms with van der Waals surface area (Å²) in [5, 5.41) is 8.72. The Morgan fingerprint density at radius 2 is 1.81 bits per heavy atom. The van der Waals surface area contributed by atoms with Crippen molar-refractivity contribution in [2.24, 2.45) is 10.9 Å². The number of thioether (sulfide) groups is 1. The summed E-state index contributed by atoms with van der Waals surface area (Å²) in [4.78, 5) is 5.72. The molecule has 0 aliphatic rings. The molecule has 2 rings (SSSR count). The Balaban J connectivity index is 2.25. The molecule has 0 saturated heterocycles. The van der Waals surface area contributed by atoms with Crippen LogP contribution in [0.15, 0.2) is 69.6 Å². The summed E-state index contributed by atoms with van der Waals surface area (Å²) in [6, 6.07) is 15.9. The maximum Gasteiger partial charge on any atom is 0.0890 e. The van der Waals surface area contributed by atoms with Crippen molar-refractivity contribution in [2.75, 3.05) is 11.6 Å². The number of nitrogen functional groups attached to an aromatic ring is 1. The molecule has 0 fully saturated rings. The molecule has 3 N–H and O–H groups in total. The van der Waals surface area contributed by atoms with Crippen molar-refractivity contribution in [1.82, 2.24) is 0 Å². The van der Waals surface area contributed by atoms with Crippen molar-refractivity contribution in [3.63, 3.8) is 0 Å². The van der Waals surface area contributed by atoms with Gasteiger partial charge in [-0.3, -0.25) is 10.4 Å². The second kappa shape index (κ2) is 9.39. The third kappa shape index (κ3) is 5.09. The van der Waals surface area contributed by atoms with E-state index in [1.54, 1.807) is 18.0 Å². The van der Waals surface area contributed by atoms with E-state index in [2.05, 4.69) is 44.8 Å². The highest BCUT2D eigenvalue weighted by atomic mass is 32.2. The maximum atomic E-state index is 8.72. The van der Waals surface area contributed by atoms with Gasteiger partial charge < -0.3 is 5.73 Å². The van der Waals surface area contributed by atoms with Crippen LogP contribution in [0.2, 0.25) is 0 Å². The second-order valence-corrected chi connectivity index (χ2v) is 7.67. The van der Waals surface area contributed by atoms with E-state index < -0.39 is 0 Å². The van der Waals surface area contributed by atoms with Gasteiger partial charge in [-0.2, -0.15) is 0 Å². The van der Waals surface area contributed by atoms with Crippen molar-refractivity contribution in [3.8, 4) is 0 Å². The summed E-state index contributed by atoms with van der Waals surface area (Å²) < 4.78 is 0. The molecule has 4 heteroatoms. The van der Waals surface area contributed by atoms with Gasteiger partial charge >= 0.3 is 0 Å². The lowest BCUT2D eigenvalue weighted by molar-refractivity contribution is 0.790. The predicted octanol–water partition coefficient (Wildman–Crippen LogP) is 5.80. The second-order valence-electron chi connectivity index (χ2n) is 6.65. The zero-order chi connectivity index (χ0) is 19.1. The Kier molecular flexibility index (Phi) is 7.22. The first-order valence-corrected chi connectivity index (χ1v) is 9.73. The Morgan fingerprint density at radius 3 is 2.42 bits per heavy atom. The monoisotopic (exact) mass is 365 g/mol. The standard InChI is InChI=1S/C22H27N3S/c1-15(2)21(16(3)4)22(24)18-11-8-12-20(23)19(18)13-25-14-26-17-9-6-5-7-10-17/h5-13,15,24H,14,23H2,1-4H3/b24-22?,25-13+. The highest BCUT2D eigenvalue weighted by Crippen LogP contribution is 2.24. The molecule has 0 spiro atoms. The van der Waals surface area contributed by atoms with Gasteiger partial charge in [0.05, 0.1) is 11.6 Å². The minimum Gasteiger partial charge on any atom is -0.398 e. The predicted molar refractivity (Wildman–Crippen MR) is 116 cm³/mol. The molecular formula is C22H27N3S. The first-order valence-electron chi connectivity index (χ1n) is 8.74. The lowest BCUT2D eigenvalue weighted by Gasteiger charge is -2.18. The van der Waals surface area contributed by atoms with Gasteiger partial charge in [0.2, 0.25) is 0 Å². The Bertz CT molecular complexity index is 817. The number of rotatable bonds is 7. The number of anilines is 1. The lowest BCUT2D eigenvalue weighted by Crippen LogP contribution is -2.14. The fraction of sp³-hybridized carbons (Fsp3) is 0.273. The van der Waals surface area contributed by atoms with Crippen LogP contribution in [-0.2, 0) is 0 Å². The maximum absolute atomic E-state index is 8.72. The van der Waals surface area contributed by atoms with E-state index in [0.29, 0.717) is 17.3 Å². The van der Waals surface area contributed by atoms with Gasteiger partial charge in [0, 0.05) is 27.9 Å². The first-order chi connectivity index (χ1) is 12.4. The molecule has 0 aliphatic carbocycles. The third-order valence-electron chi connectivity index (χ3n) is 4.06. The molecule has 2 aromatic rings. The number of hydrogen-bond acceptors (Lipinski definition) is 4. The number of hydrogen-bond donors (Lipinski definition) is 2. The molecule has 0 aromatic heterocycles. The number of allylic oxidation sites excluding steroid dienone is 2. The molecule has 26 heavy (non-hydrogen) atoms. The van der Waals surface area contributed by atoms with Crippen molar-refractivity contribution < 1.29 is 0 Å². The SMILES string of the molecule is CC(C)=C(C(=N)c1cccc(N)c1/C=N/CSc1ccccc1)C(C)C. The molecule has 0 unspecified atom stereocenters. The largest absolute Gasteiger partial charge is 0.398 e. The summed E-state index contributed by atoms with van der Waals surface area (Å²) >= 11 is 1.67. The van der Waals surface area contributed by atoms with Gasteiger partial charge in [0.25, 0.3) is 0 Å².